The smallest absolute Gasteiger partial charge is 0.258 e. The van der Waals surface area contributed by atoms with Crippen molar-refractivity contribution in [3.63, 3.8) is 0 Å². The second-order valence-electron chi connectivity index (χ2n) is 27.2. The van der Waals surface area contributed by atoms with E-state index in [2.05, 4.69) is 54.0 Å². The van der Waals surface area contributed by atoms with E-state index < -0.39 is 0 Å². The highest BCUT2D eigenvalue weighted by Crippen LogP contribution is 2.52. The molecule has 12 nitrogen and oxygen atoms in total. The van der Waals surface area contributed by atoms with E-state index in [1.807, 2.05) is 124 Å². The van der Waals surface area contributed by atoms with Crippen LogP contribution < -0.4 is 14.7 Å². The average Bonchev–Trinajstić information content (AvgIpc) is 1.60. The number of hydrogen-bond acceptors (Lipinski definition) is 9. The number of anilines is 3. The Kier molecular flexibility index (Phi) is 24.7. The van der Waals surface area contributed by atoms with Crippen LogP contribution in [0.25, 0.3) is 18.2 Å². The van der Waals surface area contributed by atoms with Crippen LogP contribution in [-0.4, -0.2) is 126 Å². The number of amides is 3. The van der Waals surface area contributed by atoms with Crippen LogP contribution in [0.4, 0.5) is 17.1 Å². The molecule has 6 aliphatic heterocycles. The van der Waals surface area contributed by atoms with Gasteiger partial charge in [0.25, 0.3) is 17.7 Å². The third-order valence-electron chi connectivity index (χ3n) is 20.8. The van der Waals surface area contributed by atoms with E-state index in [9.17, 15) is 14.4 Å². The lowest BCUT2D eigenvalue weighted by Crippen LogP contribution is -2.46. The monoisotopic (exact) mass is 1640 g/mol. The summed E-state index contributed by atoms with van der Waals surface area (Å²) < 4.78 is 0. The Morgan fingerprint density at radius 2 is 0.724 bits per heavy atom. The first-order valence-electron chi connectivity index (χ1n) is 34.3. The quantitative estimate of drug-likeness (QED) is 0.110. The summed E-state index contributed by atoms with van der Waals surface area (Å²) in [6, 6.07) is 44.3. The molecule has 0 bridgehead atoms. The largest absolute Gasteiger partial charge is 0.307 e. The normalized spacial score (nSPS) is 17.3. The van der Waals surface area contributed by atoms with Crippen molar-refractivity contribution in [1.29, 1.82) is 0 Å². The predicted octanol–water partition coefficient (Wildman–Crippen LogP) is 22.2. The van der Waals surface area contributed by atoms with Gasteiger partial charge in [-0.05, 0) is 233 Å². The second-order valence-corrected chi connectivity index (χ2v) is 32.1. The van der Waals surface area contributed by atoms with Gasteiger partial charge in [0.1, 0.15) is 15.5 Å². The fourth-order valence-electron chi connectivity index (χ4n) is 15.2. The van der Waals surface area contributed by atoms with Crippen molar-refractivity contribution in [2.75, 3.05) is 93.2 Å². The van der Waals surface area contributed by atoms with Gasteiger partial charge < -0.3 is 14.7 Å². The van der Waals surface area contributed by atoms with Crippen molar-refractivity contribution in [2.24, 2.45) is 0 Å². The minimum Gasteiger partial charge on any atom is -0.307 e. The SMILES string of the molecule is O=C(c1ccnc(Cl)c1)N1CC2(CCN(C/C=C/c3ccc(Cl)c(Cl)c3)CC2)c2cc(Cl)ccc21.O=C(c1ccnc(Cl)c1)N1CC2(CCN(C/C=C/c3ccc(Cl)cc3Cl)CC2)c2cc(Cl)ccc21.O=C(c1ccnc(Cl)c1)N1CC2(CCN(C/C=C/c3cccc(Cl)c3Cl)CC2)c2cc(Cl)ccc21. The molecule has 3 aromatic heterocycles. The van der Waals surface area contributed by atoms with Crippen LogP contribution in [0.1, 0.15) is 103 Å². The van der Waals surface area contributed by atoms with Gasteiger partial charge in [-0.25, -0.2) is 15.0 Å². The Morgan fingerprint density at radius 1 is 0.352 bits per heavy atom. The number of carbonyl (C=O) groups excluding carboxylic acids is 3. The van der Waals surface area contributed by atoms with Gasteiger partial charge in [0.2, 0.25) is 0 Å². The molecule has 0 N–H and O–H groups in total. The molecule has 24 heteroatoms. The van der Waals surface area contributed by atoms with Gasteiger partial charge in [-0.3, -0.25) is 29.1 Å². The summed E-state index contributed by atoms with van der Waals surface area (Å²) in [7, 11) is 0. The molecule has 15 rings (SSSR count). The molecule has 6 aliphatic rings. The lowest BCUT2D eigenvalue weighted by Gasteiger charge is -2.39. The fraction of sp³-hybridized carbons (Fsp3) is 0.259. The standard InChI is InChI=1S/3C27H23Cl4N3O/c28-20-6-7-23-21(16-20)27(17-34(23)26(35)19-8-11-32-24(30)15-19)9-13-33(14-10-27)12-2-4-18-3-1-5-22(29)25(18)31;28-20-4-6-24-21(16-20)27(17-34(24)26(35)19-7-10-32-25(31)15-19)8-12-33(13-9-27)11-1-2-18-3-5-22(29)23(30)14-18;28-20-5-6-24-22(15-20)27(17-34(24)26(35)19-7-10-32-25(31)14-19)8-12-33(13-9-27)11-1-2-18-3-4-21(29)16-23(18)30/h1-8,11,15-16H,9-10,12-14,17H2;2*1-7,10,14-16H,8-9,11-13,17H2/b4-2+;2*2-1+. The Hall–Kier alpha value is -6.24. The highest BCUT2D eigenvalue weighted by molar-refractivity contribution is 6.43. The number of hydrogen-bond donors (Lipinski definition) is 0. The molecule has 6 aromatic carbocycles. The molecular weight excluding hydrogens is 1570 g/mol. The number of rotatable bonds is 12. The summed E-state index contributed by atoms with van der Waals surface area (Å²) in [5.41, 5.74) is 10.4. The molecule has 3 spiro atoms. The Morgan fingerprint density at radius 3 is 1.10 bits per heavy atom. The number of halogens is 12. The first kappa shape index (κ1) is 76.9. The molecule has 0 atom stereocenters. The van der Waals surface area contributed by atoms with Crippen molar-refractivity contribution in [2.45, 2.75) is 54.8 Å². The molecule has 0 unspecified atom stereocenters. The van der Waals surface area contributed by atoms with Crippen LogP contribution in [0, 0.1) is 0 Å². The van der Waals surface area contributed by atoms with E-state index in [-0.39, 0.29) is 34.0 Å². The zero-order chi connectivity index (χ0) is 73.7. The van der Waals surface area contributed by atoms with Gasteiger partial charge in [0, 0.05) is 133 Å². The van der Waals surface area contributed by atoms with Crippen molar-refractivity contribution in [1.82, 2.24) is 29.7 Å². The van der Waals surface area contributed by atoms with Crippen LogP contribution in [-0.2, 0) is 16.2 Å². The lowest BCUT2D eigenvalue weighted by molar-refractivity contribution is 0.0970. The minimum atomic E-state index is -0.122. The van der Waals surface area contributed by atoms with E-state index in [1.165, 1.54) is 0 Å². The number of likely N-dealkylation sites (tertiary alicyclic amines) is 3. The molecular formula is C81H69Cl12N9O3. The van der Waals surface area contributed by atoms with Crippen molar-refractivity contribution < 1.29 is 14.4 Å². The number of carbonyl (C=O) groups is 3. The van der Waals surface area contributed by atoms with Gasteiger partial charge >= 0.3 is 0 Å². The molecule has 9 aromatic rings. The Bertz CT molecular complexity index is 4860. The first-order valence-corrected chi connectivity index (χ1v) is 38.8. The zero-order valence-corrected chi connectivity index (χ0v) is 65.6. The van der Waals surface area contributed by atoms with Crippen LogP contribution in [0.3, 0.4) is 0 Å². The van der Waals surface area contributed by atoms with Crippen molar-refractivity contribution in [3.05, 3.63) is 293 Å². The number of fused-ring (bicyclic) bond motifs is 6. The second kappa shape index (κ2) is 33.7. The molecule has 540 valence electrons. The minimum absolute atomic E-state index is 0.0678. The van der Waals surface area contributed by atoms with Gasteiger partial charge in [0.05, 0.1) is 20.1 Å². The van der Waals surface area contributed by atoms with Gasteiger partial charge in [0.15, 0.2) is 0 Å². The molecule has 0 saturated carbocycles. The first-order chi connectivity index (χ1) is 50.5. The molecule has 0 radical (unpaired) electrons. The highest BCUT2D eigenvalue weighted by Gasteiger charge is 2.50. The number of piperidine rings is 3. The predicted molar refractivity (Wildman–Crippen MR) is 436 cm³/mol. The number of benzene rings is 6. The third kappa shape index (κ3) is 17.6. The van der Waals surface area contributed by atoms with E-state index in [0.29, 0.717) is 97.0 Å². The van der Waals surface area contributed by atoms with Crippen LogP contribution >= 0.6 is 139 Å². The molecule has 105 heavy (non-hydrogen) atoms. The number of nitrogens with zero attached hydrogens (tertiary/aromatic N) is 9. The number of aromatic nitrogens is 3. The van der Waals surface area contributed by atoms with Gasteiger partial charge in [-0.15, -0.1) is 0 Å². The maximum absolute atomic E-state index is 13.4. The third-order valence-corrected chi connectivity index (χ3v) is 24.3. The van der Waals surface area contributed by atoms with Gasteiger partial charge in [-0.2, -0.15) is 0 Å². The summed E-state index contributed by atoms with van der Waals surface area (Å²) >= 11 is 74.2. The van der Waals surface area contributed by atoms with Crippen molar-refractivity contribution in [3.8, 4) is 0 Å². The molecule has 0 aliphatic carbocycles. The summed E-state index contributed by atoms with van der Waals surface area (Å²) in [6.07, 6.45) is 22.9. The number of pyridine rings is 3. The van der Waals surface area contributed by atoms with Crippen molar-refractivity contribution >= 4 is 192 Å². The Balaban J connectivity index is 0.000000140. The lowest BCUT2D eigenvalue weighted by atomic mass is 9.74. The average molecular weight is 1640 g/mol. The van der Waals surface area contributed by atoms with E-state index in [4.69, 9.17) is 139 Å². The van der Waals surface area contributed by atoms with E-state index in [1.54, 1.807) is 67.1 Å². The van der Waals surface area contributed by atoms with E-state index in [0.717, 1.165) is 148 Å². The molecule has 3 saturated heterocycles. The summed E-state index contributed by atoms with van der Waals surface area (Å²) in [4.78, 5) is 65.2. The highest BCUT2D eigenvalue weighted by atomic mass is 35.5. The molecule has 3 fully saturated rings. The summed E-state index contributed by atoms with van der Waals surface area (Å²) in [6.45, 7) is 9.93. The maximum atomic E-state index is 13.4. The zero-order valence-electron chi connectivity index (χ0n) is 56.6. The van der Waals surface area contributed by atoms with Crippen LogP contribution in [0.5, 0.6) is 0 Å². The Labute approximate surface area is 671 Å². The van der Waals surface area contributed by atoms with Crippen LogP contribution in [0.2, 0.25) is 60.7 Å². The summed E-state index contributed by atoms with van der Waals surface area (Å²) in [5.74, 6) is -0.208. The molecule has 3 amide bonds. The van der Waals surface area contributed by atoms with Crippen LogP contribution in [0.15, 0.2) is 182 Å². The van der Waals surface area contributed by atoms with E-state index >= 15 is 0 Å². The fourth-order valence-corrected chi connectivity index (χ4v) is 17.4. The topological polar surface area (TPSA) is 109 Å². The summed E-state index contributed by atoms with van der Waals surface area (Å²) in [5, 5.41) is 6.51. The molecule has 9 heterocycles. The van der Waals surface area contributed by atoms with Gasteiger partial charge in [-0.1, -0.05) is 200 Å². The maximum Gasteiger partial charge on any atom is 0.258 e.